The minimum Gasteiger partial charge on any atom is -0.396 e. The summed E-state index contributed by atoms with van der Waals surface area (Å²) in [4.78, 5) is 38.7. The minimum atomic E-state index is -0.664. The molecule has 4 heteroatoms. The van der Waals surface area contributed by atoms with Gasteiger partial charge in [-0.15, -0.1) is 5.92 Å². The Morgan fingerprint density at radius 2 is 1.67 bits per heavy atom. The standard InChI is InChI=1S/C26H32O4/c1-4-6-19-13-17(2)24(18(3)14-19)25-22(29)15-26(16-23(25)30)10-8-20(9-11-26)21(28)7-5-12-27/h13-14,20,25,27H,5,7-12,15-16H2,1-3H3. The van der Waals surface area contributed by atoms with E-state index in [-0.39, 0.29) is 35.3 Å². The smallest absolute Gasteiger partial charge is 0.148 e. The highest BCUT2D eigenvalue weighted by Crippen LogP contribution is 2.50. The van der Waals surface area contributed by atoms with E-state index in [0.717, 1.165) is 47.9 Å². The number of carbonyl (C=O) groups is 3. The maximum absolute atomic E-state index is 13.2. The maximum Gasteiger partial charge on any atom is 0.148 e. The van der Waals surface area contributed by atoms with Gasteiger partial charge in [-0.1, -0.05) is 5.92 Å². The second-order valence-electron chi connectivity index (χ2n) is 9.19. The Balaban J connectivity index is 1.74. The molecule has 30 heavy (non-hydrogen) atoms. The monoisotopic (exact) mass is 408 g/mol. The molecule has 0 unspecified atom stereocenters. The predicted molar refractivity (Wildman–Crippen MR) is 116 cm³/mol. The molecule has 2 aliphatic rings. The number of benzene rings is 1. The van der Waals surface area contributed by atoms with Crippen molar-refractivity contribution in [3.63, 3.8) is 0 Å². The minimum absolute atomic E-state index is 0.0156. The fourth-order valence-electron chi connectivity index (χ4n) is 5.52. The third-order valence-electron chi connectivity index (χ3n) is 6.98. The van der Waals surface area contributed by atoms with Crippen LogP contribution in [0.4, 0.5) is 0 Å². The second-order valence-corrected chi connectivity index (χ2v) is 9.19. The van der Waals surface area contributed by atoms with E-state index in [2.05, 4.69) is 11.8 Å². The van der Waals surface area contributed by atoms with Gasteiger partial charge in [-0.05, 0) is 87.1 Å². The van der Waals surface area contributed by atoms with Crippen LogP contribution in [0.25, 0.3) is 0 Å². The van der Waals surface area contributed by atoms with Gasteiger partial charge in [-0.2, -0.15) is 0 Å². The molecule has 1 aromatic rings. The Bertz CT molecular complexity index is 864. The van der Waals surface area contributed by atoms with E-state index in [0.29, 0.717) is 25.7 Å². The highest BCUT2D eigenvalue weighted by molar-refractivity contribution is 6.10. The average Bonchev–Trinajstić information content (AvgIpc) is 2.68. The van der Waals surface area contributed by atoms with Crippen LogP contribution in [0.2, 0.25) is 0 Å². The van der Waals surface area contributed by atoms with Crippen LogP contribution in [-0.2, 0) is 14.4 Å². The van der Waals surface area contributed by atoms with Gasteiger partial charge >= 0.3 is 0 Å². The maximum atomic E-state index is 13.2. The summed E-state index contributed by atoms with van der Waals surface area (Å²) in [5.74, 6) is 5.57. The first-order valence-electron chi connectivity index (χ1n) is 11.0. The molecule has 1 N–H and O–H groups in total. The number of aryl methyl sites for hydroxylation is 2. The number of ketones is 3. The SMILES string of the molecule is CC#Cc1cc(C)c(C2C(=O)CC3(CCC(C(=O)CCCO)CC3)CC2=O)c(C)c1. The van der Waals surface area contributed by atoms with Gasteiger partial charge in [-0.25, -0.2) is 0 Å². The first-order chi connectivity index (χ1) is 14.3. The zero-order valence-corrected chi connectivity index (χ0v) is 18.3. The molecule has 160 valence electrons. The van der Waals surface area contributed by atoms with Gasteiger partial charge in [-0.3, -0.25) is 14.4 Å². The van der Waals surface area contributed by atoms with Crippen LogP contribution in [0.5, 0.6) is 0 Å². The molecular formula is C26H32O4. The van der Waals surface area contributed by atoms with E-state index < -0.39 is 5.92 Å². The highest BCUT2D eigenvalue weighted by Gasteiger charge is 2.48. The molecule has 0 radical (unpaired) electrons. The summed E-state index contributed by atoms with van der Waals surface area (Å²) in [5, 5.41) is 8.94. The van der Waals surface area contributed by atoms with Crippen molar-refractivity contribution in [2.45, 2.75) is 78.1 Å². The van der Waals surface area contributed by atoms with Gasteiger partial charge in [0.2, 0.25) is 0 Å². The van der Waals surface area contributed by atoms with Crippen LogP contribution in [0.3, 0.4) is 0 Å². The number of hydrogen-bond acceptors (Lipinski definition) is 4. The molecule has 4 nitrogen and oxygen atoms in total. The summed E-state index contributed by atoms with van der Waals surface area (Å²) in [6.07, 6.45) is 4.81. The number of carbonyl (C=O) groups excluding carboxylic acids is 3. The van der Waals surface area contributed by atoms with Crippen molar-refractivity contribution in [1.82, 2.24) is 0 Å². The second kappa shape index (κ2) is 9.27. The quantitative estimate of drug-likeness (QED) is 0.585. The topological polar surface area (TPSA) is 71.4 Å². The average molecular weight is 409 g/mol. The molecule has 0 saturated heterocycles. The van der Waals surface area contributed by atoms with E-state index in [4.69, 9.17) is 5.11 Å². The lowest BCUT2D eigenvalue weighted by molar-refractivity contribution is -0.138. The highest BCUT2D eigenvalue weighted by atomic mass is 16.3. The van der Waals surface area contributed by atoms with Gasteiger partial charge in [0.25, 0.3) is 0 Å². The van der Waals surface area contributed by atoms with Crippen LogP contribution >= 0.6 is 0 Å². The molecule has 0 aromatic heterocycles. The lowest BCUT2D eigenvalue weighted by Crippen LogP contribution is -2.42. The third-order valence-corrected chi connectivity index (χ3v) is 6.98. The summed E-state index contributed by atoms with van der Waals surface area (Å²) in [6.45, 7) is 5.74. The largest absolute Gasteiger partial charge is 0.396 e. The van der Waals surface area contributed by atoms with E-state index in [1.807, 2.05) is 26.0 Å². The van der Waals surface area contributed by atoms with Crippen LogP contribution < -0.4 is 0 Å². The molecule has 0 atom stereocenters. The molecule has 0 bridgehead atoms. The normalized spacial score (nSPS) is 26.4. The zero-order chi connectivity index (χ0) is 21.9. The van der Waals surface area contributed by atoms with Crippen molar-refractivity contribution in [3.8, 4) is 11.8 Å². The Morgan fingerprint density at radius 3 is 2.17 bits per heavy atom. The van der Waals surface area contributed by atoms with Crippen LogP contribution in [0.1, 0.15) is 86.5 Å². The summed E-state index contributed by atoms with van der Waals surface area (Å²) >= 11 is 0. The van der Waals surface area contributed by atoms with Crippen molar-refractivity contribution in [3.05, 3.63) is 34.4 Å². The van der Waals surface area contributed by atoms with Gasteiger partial charge in [0.05, 0.1) is 0 Å². The fourth-order valence-corrected chi connectivity index (χ4v) is 5.52. The van der Waals surface area contributed by atoms with Crippen molar-refractivity contribution in [1.29, 1.82) is 0 Å². The van der Waals surface area contributed by atoms with Crippen molar-refractivity contribution < 1.29 is 19.5 Å². The van der Waals surface area contributed by atoms with E-state index in [9.17, 15) is 14.4 Å². The van der Waals surface area contributed by atoms with E-state index >= 15 is 0 Å². The van der Waals surface area contributed by atoms with Crippen molar-refractivity contribution in [2.24, 2.45) is 11.3 Å². The predicted octanol–water partition coefficient (Wildman–Crippen LogP) is 4.21. The molecule has 0 amide bonds. The fraction of sp³-hybridized carbons (Fsp3) is 0.577. The van der Waals surface area contributed by atoms with Gasteiger partial charge < -0.3 is 5.11 Å². The Kier molecular flexibility index (Phi) is 6.93. The summed E-state index contributed by atoms with van der Waals surface area (Å²) in [5.41, 5.74) is 3.40. The zero-order valence-electron chi connectivity index (χ0n) is 18.3. The molecule has 0 heterocycles. The Hall–Kier alpha value is -2.25. The number of rotatable bonds is 5. The van der Waals surface area contributed by atoms with E-state index in [1.54, 1.807) is 6.92 Å². The number of Topliss-reactive ketones (excluding diaryl/α,β-unsaturated/α-hetero) is 3. The molecule has 2 saturated carbocycles. The third kappa shape index (κ3) is 4.57. The molecule has 0 aliphatic heterocycles. The number of aliphatic hydroxyl groups is 1. The molecule has 3 rings (SSSR count). The molecule has 2 fully saturated rings. The van der Waals surface area contributed by atoms with Crippen LogP contribution in [-0.4, -0.2) is 29.1 Å². The van der Waals surface area contributed by atoms with Crippen LogP contribution in [0, 0.1) is 37.0 Å². The molecule has 1 aromatic carbocycles. The first-order valence-corrected chi connectivity index (χ1v) is 11.0. The van der Waals surface area contributed by atoms with E-state index in [1.165, 1.54) is 0 Å². The van der Waals surface area contributed by atoms with Crippen molar-refractivity contribution in [2.75, 3.05) is 6.61 Å². The van der Waals surface area contributed by atoms with Gasteiger partial charge in [0.1, 0.15) is 23.3 Å². The lowest BCUT2D eigenvalue weighted by Gasteiger charge is -2.43. The first kappa shape index (κ1) is 22.4. The summed E-state index contributed by atoms with van der Waals surface area (Å²) in [7, 11) is 0. The molecule has 1 spiro atoms. The molecule has 2 aliphatic carbocycles. The van der Waals surface area contributed by atoms with Gasteiger partial charge in [0, 0.05) is 37.4 Å². The van der Waals surface area contributed by atoms with Crippen molar-refractivity contribution >= 4 is 17.3 Å². The summed E-state index contributed by atoms with van der Waals surface area (Å²) < 4.78 is 0. The molecular weight excluding hydrogens is 376 g/mol. The number of aliphatic hydroxyl groups excluding tert-OH is 1. The Morgan fingerprint density at radius 1 is 1.10 bits per heavy atom. The number of hydrogen-bond donors (Lipinski definition) is 1. The van der Waals surface area contributed by atoms with Gasteiger partial charge in [0.15, 0.2) is 0 Å². The van der Waals surface area contributed by atoms with Crippen LogP contribution in [0.15, 0.2) is 12.1 Å². The summed E-state index contributed by atoms with van der Waals surface area (Å²) in [6, 6.07) is 3.93. The lowest BCUT2D eigenvalue weighted by atomic mass is 9.59. The Labute approximate surface area is 179 Å².